The second-order valence-electron chi connectivity index (χ2n) is 5.30. The van der Waals surface area contributed by atoms with Crippen LogP contribution in [0.1, 0.15) is 27.2 Å². The van der Waals surface area contributed by atoms with Crippen molar-refractivity contribution in [2.45, 2.75) is 38.8 Å². The number of rotatable bonds is 6. The van der Waals surface area contributed by atoms with E-state index in [0.717, 1.165) is 7.11 Å². The molecule has 9 nitrogen and oxygen atoms in total. The third-order valence-electron chi connectivity index (χ3n) is 2.13. The number of methoxy groups -OCH3 is 1. The van der Waals surface area contributed by atoms with E-state index < -0.39 is 41.9 Å². The molecule has 21 heavy (non-hydrogen) atoms. The number of carboxylic acid groups (broad SMARTS) is 1. The number of amides is 3. The van der Waals surface area contributed by atoms with Gasteiger partial charge in [0.2, 0.25) is 5.91 Å². The average molecular weight is 303 g/mol. The molecule has 4 N–H and O–H groups in total. The van der Waals surface area contributed by atoms with E-state index in [9.17, 15) is 19.2 Å². The highest BCUT2D eigenvalue weighted by atomic mass is 16.5. The van der Waals surface area contributed by atoms with Crippen molar-refractivity contribution in [1.29, 1.82) is 0 Å². The lowest BCUT2D eigenvalue weighted by atomic mass is 10.1. The molecule has 0 unspecified atom stereocenters. The molecular weight excluding hydrogens is 282 g/mol. The molecule has 0 aliphatic carbocycles. The minimum absolute atomic E-state index is 0.312. The molecule has 0 radical (unpaired) electrons. The van der Waals surface area contributed by atoms with Crippen LogP contribution in [0, 0.1) is 0 Å². The van der Waals surface area contributed by atoms with Crippen LogP contribution in [0.3, 0.4) is 0 Å². The van der Waals surface area contributed by atoms with Gasteiger partial charge in [-0.25, -0.2) is 9.59 Å². The predicted molar refractivity (Wildman–Crippen MR) is 72.5 cm³/mol. The van der Waals surface area contributed by atoms with Crippen molar-refractivity contribution in [2.24, 2.45) is 0 Å². The summed E-state index contributed by atoms with van der Waals surface area (Å²) >= 11 is 0. The van der Waals surface area contributed by atoms with Crippen LogP contribution in [-0.2, 0) is 19.1 Å². The van der Waals surface area contributed by atoms with Gasteiger partial charge in [0.05, 0.1) is 20.1 Å². The molecule has 0 heterocycles. The van der Waals surface area contributed by atoms with Gasteiger partial charge >= 0.3 is 18.0 Å². The summed E-state index contributed by atoms with van der Waals surface area (Å²) in [5.74, 6) is -2.57. The highest BCUT2D eigenvalue weighted by Crippen LogP contribution is 1.97. The van der Waals surface area contributed by atoms with Crippen LogP contribution < -0.4 is 16.0 Å². The Hall–Kier alpha value is -2.32. The first-order chi connectivity index (χ1) is 9.55. The zero-order chi connectivity index (χ0) is 16.6. The quantitative estimate of drug-likeness (QED) is 0.475. The Morgan fingerprint density at radius 2 is 1.76 bits per heavy atom. The van der Waals surface area contributed by atoms with Crippen molar-refractivity contribution in [2.75, 3.05) is 13.7 Å². The molecule has 0 rings (SSSR count). The molecule has 0 aliphatic heterocycles. The zero-order valence-corrected chi connectivity index (χ0v) is 12.5. The van der Waals surface area contributed by atoms with E-state index in [4.69, 9.17) is 5.11 Å². The maximum absolute atomic E-state index is 11.5. The number of ether oxygens (including phenoxy) is 1. The molecule has 3 amide bonds. The maximum Gasteiger partial charge on any atom is 0.326 e. The van der Waals surface area contributed by atoms with Crippen molar-refractivity contribution in [1.82, 2.24) is 16.0 Å². The Bertz CT molecular complexity index is 416. The third kappa shape index (κ3) is 9.25. The van der Waals surface area contributed by atoms with Gasteiger partial charge in [0, 0.05) is 5.54 Å². The number of carboxylic acids is 1. The second-order valence-corrected chi connectivity index (χ2v) is 5.30. The van der Waals surface area contributed by atoms with Gasteiger partial charge in [-0.05, 0) is 20.8 Å². The van der Waals surface area contributed by atoms with Crippen LogP contribution >= 0.6 is 0 Å². The summed E-state index contributed by atoms with van der Waals surface area (Å²) in [7, 11) is 1.11. The van der Waals surface area contributed by atoms with Gasteiger partial charge in [-0.2, -0.15) is 0 Å². The van der Waals surface area contributed by atoms with Crippen LogP contribution in [-0.4, -0.2) is 54.2 Å². The normalized spacial score (nSPS) is 12.0. The van der Waals surface area contributed by atoms with Gasteiger partial charge in [-0.15, -0.1) is 0 Å². The SMILES string of the molecule is COC(=O)C[C@H](NC(=O)NCC(=O)NC(C)(C)C)C(=O)O. The minimum Gasteiger partial charge on any atom is -0.480 e. The summed E-state index contributed by atoms with van der Waals surface area (Å²) in [5.41, 5.74) is -0.441. The van der Waals surface area contributed by atoms with Crippen LogP contribution in [0.2, 0.25) is 0 Å². The fraction of sp³-hybridized carbons (Fsp3) is 0.667. The largest absolute Gasteiger partial charge is 0.480 e. The Balaban J connectivity index is 4.30. The Morgan fingerprint density at radius 3 is 2.19 bits per heavy atom. The van der Waals surface area contributed by atoms with Crippen molar-refractivity contribution in [3.8, 4) is 0 Å². The topological polar surface area (TPSA) is 134 Å². The number of aliphatic carboxylic acids is 1. The van der Waals surface area contributed by atoms with Gasteiger partial charge in [0.15, 0.2) is 0 Å². The standard InChI is InChI=1S/C12H21N3O6/c1-12(2,3)15-8(16)6-13-11(20)14-7(10(18)19)5-9(17)21-4/h7H,5-6H2,1-4H3,(H,15,16)(H,18,19)(H2,13,14,20)/t7-/m0/s1. The Kier molecular flexibility index (Phi) is 7.18. The molecule has 0 aromatic carbocycles. The molecule has 0 aliphatic rings. The summed E-state index contributed by atoms with van der Waals surface area (Å²) in [5, 5.41) is 15.8. The van der Waals surface area contributed by atoms with Crippen molar-refractivity contribution in [3.05, 3.63) is 0 Å². The van der Waals surface area contributed by atoms with E-state index in [2.05, 4.69) is 20.7 Å². The van der Waals surface area contributed by atoms with Crippen molar-refractivity contribution < 1.29 is 29.0 Å². The van der Waals surface area contributed by atoms with Gasteiger partial charge < -0.3 is 25.8 Å². The molecule has 0 spiro atoms. The fourth-order valence-corrected chi connectivity index (χ4v) is 1.28. The summed E-state index contributed by atoms with van der Waals surface area (Å²) in [4.78, 5) is 44.8. The number of nitrogens with one attached hydrogen (secondary N) is 3. The lowest BCUT2D eigenvalue weighted by molar-refractivity contribution is -0.147. The number of esters is 1. The van der Waals surface area contributed by atoms with Crippen LogP contribution in [0.25, 0.3) is 0 Å². The predicted octanol–water partition coefficient (Wildman–Crippen LogP) is -0.783. The summed E-state index contributed by atoms with van der Waals surface area (Å²) < 4.78 is 4.33. The van der Waals surface area contributed by atoms with Gasteiger partial charge in [-0.1, -0.05) is 0 Å². The molecule has 9 heteroatoms. The van der Waals surface area contributed by atoms with E-state index in [1.165, 1.54) is 0 Å². The lowest BCUT2D eigenvalue weighted by Gasteiger charge is -2.20. The van der Waals surface area contributed by atoms with Gasteiger partial charge in [0.25, 0.3) is 0 Å². The van der Waals surface area contributed by atoms with E-state index >= 15 is 0 Å². The van der Waals surface area contributed by atoms with Gasteiger partial charge in [0.1, 0.15) is 6.04 Å². The number of hydrogen-bond acceptors (Lipinski definition) is 5. The third-order valence-corrected chi connectivity index (χ3v) is 2.13. The first-order valence-electron chi connectivity index (χ1n) is 6.20. The van der Waals surface area contributed by atoms with Crippen LogP contribution in [0.15, 0.2) is 0 Å². The number of urea groups is 1. The van der Waals surface area contributed by atoms with Gasteiger partial charge in [-0.3, -0.25) is 9.59 Å². The highest BCUT2D eigenvalue weighted by molar-refractivity contribution is 5.88. The van der Waals surface area contributed by atoms with Crippen LogP contribution in [0.4, 0.5) is 4.79 Å². The molecule has 0 aromatic heterocycles. The van der Waals surface area contributed by atoms with E-state index in [1.807, 2.05) is 0 Å². The molecular formula is C12H21N3O6. The molecule has 0 saturated carbocycles. The van der Waals surface area contributed by atoms with Crippen LogP contribution in [0.5, 0.6) is 0 Å². The average Bonchev–Trinajstić information content (AvgIpc) is 2.33. The smallest absolute Gasteiger partial charge is 0.326 e. The Morgan fingerprint density at radius 1 is 1.19 bits per heavy atom. The fourth-order valence-electron chi connectivity index (χ4n) is 1.28. The number of carbonyl (C=O) groups excluding carboxylic acids is 3. The molecule has 0 bridgehead atoms. The summed E-state index contributed by atoms with van der Waals surface area (Å²) in [6.45, 7) is 5.03. The summed E-state index contributed by atoms with van der Waals surface area (Å²) in [6.07, 6.45) is -0.507. The number of carbonyl (C=O) groups is 4. The Labute approximate surface area is 122 Å². The molecule has 1 atom stereocenters. The molecule has 120 valence electrons. The van der Waals surface area contributed by atoms with E-state index in [-0.39, 0.29) is 6.54 Å². The summed E-state index contributed by atoms with van der Waals surface area (Å²) in [6, 6.07) is -2.29. The number of hydrogen-bond donors (Lipinski definition) is 4. The first-order valence-corrected chi connectivity index (χ1v) is 6.20. The highest BCUT2D eigenvalue weighted by Gasteiger charge is 2.24. The molecule has 0 fully saturated rings. The minimum atomic E-state index is -1.43. The maximum atomic E-state index is 11.5. The second kappa shape index (κ2) is 8.08. The molecule has 0 saturated heterocycles. The van der Waals surface area contributed by atoms with E-state index in [0.29, 0.717) is 0 Å². The molecule has 0 aromatic rings. The van der Waals surface area contributed by atoms with Crippen molar-refractivity contribution >= 4 is 23.9 Å². The van der Waals surface area contributed by atoms with Crippen molar-refractivity contribution in [3.63, 3.8) is 0 Å². The lowest BCUT2D eigenvalue weighted by Crippen LogP contribution is -2.51. The first kappa shape index (κ1) is 18.7. The van der Waals surface area contributed by atoms with E-state index in [1.54, 1.807) is 20.8 Å². The zero-order valence-electron chi connectivity index (χ0n) is 12.5. The monoisotopic (exact) mass is 303 g/mol.